The van der Waals surface area contributed by atoms with Crippen molar-refractivity contribution < 1.29 is 0 Å². The Morgan fingerprint density at radius 3 is 2.40 bits per heavy atom. The third-order valence-corrected chi connectivity index (χ3v) is 4.86. The minimum atomic E-state index is 0.650. The largest absolute Gasteiger partial charge is 0.361 e. The second-order valence-electron chi connectivity index (χ2n) is 6.44. The fraction of sp³-hybridized carbons (Fsp3) is 0.941. The van der Waals surface area contributed by atoms with Crippen molar-refractivity contribution in [1.82, 2.24) is 5.32 Å². The first-order valence-corrected chi connectivity index (χ1v) is 9.64. The van der Waals surface area contributed by atoms with Crippen LogP contribution in [-0.2, 0) is 0 Å². The molecule has 1 atom stereocenters. The zero-order valence-electron chi connectivity index (χ0n) is 13.8. The zero-order chi connectivity index (χ0) is 14.6. The average molecular weight is 299 g/mol. The normalized spacial score (nSPS) is 20.8. The molecule has 1 heterocycles. The Hall–Kier alpha value is -0.180. The molecule has 0 amide bonds. The highest BCUT2D eigenvalue weighted by atomic mass is 32.2. The first-order chi connectivity index (χ1) is 9.72. The molecule has 1 N–H and O–H groups in total. The van der Waals surface area contributed by atoms with E-state index in [2.05, 4.69) is 26.1 Å². The lowest BCUT2D eigenvalue weighted by Crippen LogP contribution is -2.28. The Morgan fingerprint density at radius 2 is 1.75 bits per heavy atom. The van der Waals surface area contributed by atoms with Gasteiger partial charge in [-0.05, 0) is 18.8 Å². The van der Waals surface area contributed by atoms with E-state index in [9.17, 15) is 0 Å². The molecule has 1 aliphatic heterocycles. The molecule has 2 nitrogen and oxygen atoms in total. The summed E-state index contributed by atoms with van der Waals surface area (Å²) in [6.07, 6.45) is 12.3. The summed E-state index contributed by atoms with van der Waals surface area (Å²) < 4.78 is 0. The summed E-state index contributed by atoms with van der Waals surface area (Å²) >= 11 is 1.91. The first-order valence-electron chi connectivity index (χ1n) is 8.66. The maximum atomic E-state index is 4.70. The van der Waals surface area contributed by atoms with Gasteiger partial charge < -0.3 is 5.32 Å². The molecule has 0 aromatic heterocycles. The van der Waals surface area contributed by atoms with Gasteiger partial charge in [0.2, 0.25) is 0 Å². The number of rotatable bonds is 11. The number of nitrogens with zero attached hydrogens (tertiary/aromatic N) is 1. The van der Waals surface area contributed by atoms with Crippen LogP contribution in [-0.4, -0.2) is 23.5 Å². The van der Waals surface area contributed by atoms with Crippen molar-refractivity contribution >= 4 is 16.9 Å². The van der Waals surface area contributed by atoms with Gasteiger partial charge in [-0.1, -0.05) is 77.5 Å². The summed E-state index contributed by atoms with van der Waals surface area (Å²) in [4.78, 5) is 4.70. The van der Waals surface area contributed by atoms with Gasteiger partial charge in [-0.3, -0.25) is 4.99 Å². The van der Waals surface area contributed by atoms with E-state index in [1.807, 2.05) is 11.8 Å². The van der Waals surface area contributed by atoms with Gasteiger partial charge in [-0.15, -0.1) is 0 Å². The summed E-state index contributed by atoms with van der Waals surface area (Å²) in [6, 6.07) is 0.650. The Morgan fingerprint density at radius 1 is 1.10 bits per heavy atom. The van der Waals surface area contributed by atoms with E-state index >= 15 is 0 Å². The molecule has 0 aliphatic carbocycles. The molecule has 1 rings (SSSR count). The summed E-state index contributed by atoms with van der Waals surface area (Å²) in [5.41, 5.74) is 0. The maximum absolute atomic E-state index is 4.70. The molecule has 0 spiro atoms. The minimum Gasteiger partial charge on any atom is -0.361 e. The van der Waals surface area contributed by atoms with Gasteiger partial charge in [-0.2, -0.15) is 0 Å². The predicted octanol–water partition coefficient (Wildman–Crippen LogP) is 5.23. The lowest BCUT2D eigenvalue weighted by atomic mass is 10.1. The molecule has 1 aliphatic rings. The van der Waals surface area contributed by atoms with Crippen molar-refractivity contribution in [1.29, 1.82) is 0 Å². The fourth-order valence-electron chi connectivity index (χ4n) is 2.65. The number of hydrogen-bond acceptors (Lipinski definition) is 2. The van der Waals surface area contributed by atoms with Crippen LogP contribution in [0.1, 0.15) is 78.6 Å². The molecule has 0 saturated carbocycles. The van der Waals surface area contributed by atoms with Gasteiger partial charge >= 0.3 is 0 Å². The minimum absolute atomic E-state index is 0.650. The molecule has 118 valence electrons. The van der Waals surface area contributed by atoms with Crippen molar-refractivity contribution in [2.45, 2.75) is 84.6 Å². The molecule has 1 fully saturated rings. The van der Waals surface area contributed by atoms with Crippen LogP contribution in [0.4, 0.5) is 0 Å². The van der Waals surface area contributed by atoms with Gasteiger partial charge in [0.05, 0.1) is 0 Å². The lowest BCUT2D eigenvalue weighted by molar-refractivity contribution is 0.502. The van der Waals surface area contributed by atoms with Crippen LogP contribution in [0.2, 0.25) is 0 Å². The van der Waals surface area contributed by atoms with Crippen LogP contribution < -0.4 is 5.32 Å². The van der Waals surface area contributed by atoms with Gasteiger partial charge in [0, 0.05) is 18.3 Å². The van der Waals surface area contributed by atoms with Gasteiger partial charge in [-0.25, -0.2) is 0 Å². The summed E-state index contributed by atoms with van der Waals surface area (Å²) in [7, 11) is 0. The van der Waals surface area contributed by atoms with Crippen LogP contribution in [0.15, 0.2) is 4.99 Å². The van der Waals surface area contributed by atoms with Crippen molar-refractivity contribution in [3.63, 3.8) is 0 Å². The van der Waals surface area contributed by atoms with Crippen molar-refractivity contribution in [2.75, 3.05) is 12.3 Å². The van der Waals surface area contributed by atoms with E-state index in [-0.39, 0.29) is 0 Å². The van der Waals surface area contributed by atoms with Crippen LogP contribution in [0.5, 0.6) is 0 Å². The highest BCUT2D eigenvalue weighted by Crippen LogP contribution is 2.19. The highest BCUT2D eigenvalue weighted by Gasteiger charge is 2.20. The zero-order valence-corrected chi connectivity index (χ0v) is 14.6. The van der Waals surface area contributed by atoms with Crippen molar-refractivity contribution in [3.8, 4) is 0 Å². The van der Waals surface area contributed by atoms with Crippen LogP contribution >= 0.6 is 11.8 Å². The highest BCUT2D eigenvalue weighted by molar-refractivity contribution is 8.14. The van der Waals surface area contributed by atoms with E-state index < -0.39 is 0 Å². The Labute approximate surface area is 130 Å². The van der Waals surface area contributed by atoms with E-state index in [0.29, 0.717) is 6.04 Å². The standard InChI is InChI=1S/C17H34N2S/c1-4-5-6-7-8-9-10-11-12-18-17-19-16(14-20-17)13-15(2)3/h15-16H,4-14H2,1-3H3,(H,18,19). The fourth-order valence-corrected chi connectivity index (χ4v) is 3.66. The molecule has 0 bridgehead atoms. The van der Waals surface area contributed by atoms with Crippen LogP contribution in [0, 0.1) is 5.92 Å². The number of unbranched alkanes of at least 4 members (excludes halogenated alkanes) is 7. The SMILES string of the molecule is CCCCCCCCCCN=C1NC(CC(C)C)CS1. The molecule has 1 saturated heterocycles. The predicted molar refractivity (Wildman–Crippen MR) is 93.7 cm³/mol. The third-order valence-electron chi connectivity index (χ3n) is 3.77. The van der Waals surface area contributed by atoms with Crippen molar-refractivity contribution in [3.05, 3.63) is 0 Å². The Kier molecular flexibility index (Phi) is 10.3. The number of aliphatic imine (C=N–C) groups is 1. The topological polar surface area (TPSA) is 24.4 Å². The molecular formula is C17H34N2S. The molecule has 0 radical (unpaired) electrons. The summed E-state index contributed by atoms with van der Waals surface area (Å²) in [5.74, 6) is 1.98. The Bertz CT molecular complexity index is 264. The Balaban J connectivity index is 1.94. The second-order valence-corrected chi connectivity index (χ2v) is 7.45. The van der Waals surface area contributed by atoms with E-state index in [1.54, 1.807) is 0 Å². The van der Waals surface area contributed by atoms with E-state index in [1.165, 1.54) is 68.7 Å². The second kappa shape index (κ2) is 11.5. The van der Waals surface area contributed by atoms with Gasteiger partial charge in [0.1, 0.15) is 0 Å². The van der Waals surface area contributed by atoms with Crippen LogP contribution in [0.3, 0.4) is 0 Å². The summed E-state index contributed by atoms with van der Waals surface area (Å²) in [5, 5.41) is 4.75. The quantitative estimate of drug-likeness (QED) is 0.528. The number of thioether (sulfide) groups is 1. The average Bonchev–Trinajstić information content (AvgIpc) is 2.83. The third kappa shape index (κ3) is 8.89. The maximum Gasteiger partial charge on any atom is 0.156 e. The van der Waals surface area contributed by atoms with E-state index in [0.717, 1.165) is 12.5 Å². The molecular weight excluding hydrogens is 264 g/mol. The number of hydrogen-bond donors (Lipinski definition) is 1. The monoisotopic (exact) mass is 298 g/mol. The van der Waals surface area contributed by atoms with Crippen molar-refractivity contribution in [2.24, 2.45) is 10.9 Å². The van der Waals surface area contributed by atoms with E-state index in [4.69, 9.17) is 4.99 Å². The smallest absolute Gasteiger partial charge is 0.156 e. The molecule has 0 aromatic carbocycles. The molecule has 20 heavy (non-hydrogen) atoms. The van der Waals surface area contributed by atoms with Gasteiger partial charge in [0.25, 0.3) is 0 Å². The summed E-state index contributed by atoms with van der Waals surface area (Å²) in [6.45, 7) is 7.88. The number of nitrogens with one attached hydrogen (secondary N) is 1. The van der Waals surface area contributed by atoms with Gasteiger partial charge in [0.15, 0.2) is 5.17 Å². The molecule has 3 heteroatoms. The van der Waals surface area contributed by atoms with Crippen LogP contribution in [0.25, 0.3) is 0 Å². The number of amidine groups is 1. The molecule has 0 aromatic rings. The molecule has 1 unspecified atom stereocenters. The lowest BCUT2D eigenvalue weighted by Gasteiger charge is -2.11. The first kappa shape index (κ1) is 17.9.